The number of hydrogen-bond acceptors (Lipinski definition) is 3. The van der Waals surface area contributed by atoms with Gasteiger partial charge in [0.1, 0.15) is 11.5 Å². The quantitative estimate of drug-likeness (QED) is 0.177. The van der Waals surface area contributed by atoms with Crippen LogP contribution in [0.5, 0.6) is 11.5 Å². The monoisotopic (exact) mass is 730 g/mol. The fraction of sp³-hybridized carbons (Fsp3) is 0.0741. The average Bonchev–Trinajstić information content (AvgIpc) is 3.57. The van der Waals surface area contributed by atoms with E-state index >= 15 is 0 Å². The van der Waals surface area contributed by atoms with E-state index in [0.717, 1.165) is 79.6 Å². The molecule has 3 aliphatic rings. The van der Waals surface area contributed by atoms with E-state index in [1.54, 1.807) is 0 Å². The van der Waals surface area contributed by atoms with Crippen molar-refractivity contribution in [3.05, 3.63) is 228 Å². The second-order valence-corrected chi connectivity index (χ2v) is 15.4. The summed E-state index contributed by atoms with van der Waals surface area (Å²) in [5, 5.41) is 0. The molecule has 0 amide bonds. The van der Waals surface area contributed by atoms with Gasteiger partial charge < -0.3 is 4.74 Å². The molecule has 11 rings (SSSR count). The summed E-state index contributed by atoms with van der Waals surface area (Å²) >= 11 is 0. The van der Waals surface area contributed by atoms with Gasteiger partial charge in [-0.05, 0) is 57.5 Å². The fourth-order valence-electron chi connectivity index (χ4n) is 9.50. The van der Waals surface area contributed by atoms with Crippen LogP contribution in [0, 0.1) is 0 Å². The van der Waals surface area contributed by atoms with Crippen LogP contribution in [0.25, 0.3) is 56.0 Å². The molecule has 1 aliphatic heterocycles. The molecule has 0 saturated heterocycles. The zero-order chi connectivity index (χ0) is 38.0. The SMILES string of the molecule is CC1(c2cc(-c3ccccc3-c3ccccc3-c3cccc4c3Oc3ccccc3C43c4ccccc4-c4ccccc43)nc(-c3ccccc3)n2)C=CC=CC1. The molecule has 1 unspecified atom stereocenters. The van der Waals surface area contributed by atoms with Gasteiger partial charge in [0, 0.05) is 33.2 Å². The van der Waals surface area contributed by atoms with Gasteiger partial charge in [-0.2, -0.15) is 0 Å². The van der Waals surface area contributed by atoms with E-state index in [9.17, 15) is 0 Å². The van der Waals surface area contributed by atoms with Crippen molar-refractivity contribution >= 4 is 0 Å². The van der Waals surface area contributed by atoms with Gasteiger partial charge in [0.05, 0.1) is 16.8 Å². The number of rotatable bonds is 5. The Labute approximate surface area is 333 Å². The molecule has 1 aromatic heterocycles. The maximum atomic E-state index is 7.11. The fourth-order valence-corrected chi connectivity index (χ4v) is 9.50. The summed E-state index contributed by atoms with van der Waals surface area (Å²) < 4.78 is 7.11. The van der Waals surface area contributed by atoms with E-state index in [4.69, 9.17) is 14.7 Å². The third-order valence-electron chi connectivity index (χ3n) is 12.2. The van der Waals surface area contributed by atoms with Crippen molar-refractivity contribution in [1.29, 1.82) is 0 Å². The molecule has 0 bridgehead atoms. The Morgan fingerprint density at radius 3 is 1.70 bits per heavy atom. The van der Waals surface area contributed by atoms with Gasteiger partial charge in [-0.25, -0.2) is 9.97 Å². The summed E-state index contributed by atoms with van der Waals surface area (Å²) in [5.74, 6) is 2.49. The van der Waals surface area contributed by atoms with Gasteiger partial charge in [-0.15, -0.1) is 0 Å². The minimum atomic E-state index is -0.537. The minimum Gasteiger partial charge on any atom is -0.456 e. The van der Waals surface area contributed by atoms with Gasteiger partial charge >= 0.3 is 0 Å². The molecule has 8 aromatic rings. The van der Waals surface area contributed by atoms with Crippen molar-refractivity contribution in [2.75, 3.05) is 0 Å². The summed E-state index contributed by atoms with van der Waals surface area (Å²) in [6.07, 6.45) is 9.61. The van der Waals surface area contributed by atoms with Gasteiger partial charge in [-0.1, -0.05) is 195 Å². The van der Waals surface area contributed by atoms with Crippen LogP contribution in [0.3, 0.4) is 0 Å². The molecule has 3 heteroatoms. The van der Waals surface area contributed by atoms with Crippen molar-refractivity contribution in [3.8, 4) is 67.5 Å². The number of para-hydroxylation sites is 2. The predicted molar refractivity (Wildman–Crippen MR) is 231 cm³/mol. The van der Waals surface area contributed by atoms with Crippen molar-refractivity contribution in [3.63, 3.8) is 0 Å². The van der Waals surface area contributed by atoms with Crippen molar-refractivity contribution in [2.45, 2.75) is 24.2 Å². The summed E-state index contributed by atoms with van der Waals surface area (Å²) in [4.78, 5) is 10.5. The zero-order valence-electron chi connectivity index (χ0n) is 31.6. The van der Waals surface area contributed by atoms with Gasteiger partial charge in [0.25, 0.3) is 0 Å². The van der Waals surface area contributed by atoms with E-state index in [2.05, 4.69) is 189 Å². The molecular formula is C54H38N2O. The lowest BCUT2D eigenvalue weighted by Gasteiger charge is -2.40. The largest absolute Gasteiger partial charge is 0.456 e. The van der Waals surface area contributed by atoms with Crippen LogP contribution in [-0.2, 0) is 10.8 Å². The first-order chi connectivity index (χ1) is 28.1. The molecule has 57 heavy (non-hydrogen) atoms. The third-order valence-corrected chi connectivity index (χ3v) is 12.2. The van der Waals surface area contributed by atoms with Crippen LogP contribution in [0.15, 0.2) is 200 Å². The van der Waals surface area contributed by atoms with Gasteiger partial charge in [-0.3, -0.25) is 0 Å². The van der Waals surface area contributed by atoms with Crippen molar-refractivity contribution in [2.24, 2.45) is 0 Å². The lowest BCUT2D eigenvalue weighted by atomic mass is 9.65. The van der Waals surface area contributed by atoms with E-state index in [0.29, 0.717) is 0 Å². The maximum absolute atomic E-state index is 7.11. The molecule has 1 spiro atoms. The average molecular weight is 731 g/mol. The summed E-state index contributed by atoms with van der Waals surface area (Å²) in [6.45, 7) is 2.26. The first kappa shape index (κ1) is 33.3. The number of nitrogens with zero attached hydrogens (tertiary/aromatic N) is 2. The predicted octanol–water partition coefficient (Wildman–Crippen LogP) is 13.4. The molecule has 0 saturated carbocycles. The van der Waals surface area contributed by atoms with Crippen molar-refractivity contribution in [1.82, 2.24) is 9.97 Å². The topological polar surface area (TPSA) is 35.0 Å². The standard InChI is InChI=1S/C54H38N2O/c1-53(33-16-3-17-34-53)50-35-48(55-52(56-50)36-19-4-2-5-20-36)42-26-9-8-22-38(42)37-21-6-7-23-39(37)43-27-18-31-47-51(43)57-49-32-15-14-30-46(49)54(47)44-28-12-10-24-40(44)41-25-11-13-29-45(41)54/h2-33,35H,34H2,1H3. The highest BCUT2D eigenvalue weighted by Crippen LogP contribution is 2.63. The summed E-state index contributed by atoms with van der Waals surface area (Å²) in [7, 11) is 0. The summed E-state index contributed by atoms with van der Waals surface area (Å²) in [6, 6.07) is 62.9. The molecule has 1 atom stereocenters. The lowest BCUT2D eigenvalue weighted by Crippen LogP contribution is -2.32. The highest BCUT2D eigenvalue weighted by molar-refractivity contribution is 5.95. The minimum absolute atomic E-state index is 0.257. The Kier molecular flexibility index (Phi) is 7.58. The first-order valence-corrected chi connectivity index (χ1v) is 19.7. The molecule has 0 N–H and O–H groups in total. The molecule has 2 aliphatic carbocycles. The van der Waals surface area contributed by atoms with Crippen LogP contribution in [0.4, 0.5) is 0 Å². The van der Waals surface area contributed by atoms with Crippen LogP contribution in [0.1, 0.15) is 41.3 Å². The number of hydrogen-bond donors (Lipinski definition) is 0. The van der Waals surface area contributed by atoms with Gasteiger partial charge in [0.15, 0.2) is 5.82 Å². The van der Waals surface area contributed by atoms with E-state index in [1.165, 1.54) is 22.3 Å². The van der Waals surface area contributed by atoms with E-state index < -0.39 is 5.41 Å². The van der Waals surface area contributed by atoms with Crippen LogP contribution >= 0.6 is 0 Å². The molecule has 270 valence electrons. The number of ether oxygens (including phenoxy) is 1. The number of aromatic nitrogens is 2. The lowest BCUT2D eigenvalue weighted by molar-refractivity contribution is 0.438. The van der Waals surface area contributed by atoms with E-state index in [-0.39, 0.29) is 5.41 Å². The Morgan fingerprint density at radius 1 is 0.474 bits per heavy atom. The highest BCUT2D eigenvalue weighted by atomic mass is 16.5. The summed E-state index contributed by atoms with van der Waals surface area (Å²) in [5.41, 5.74) is 14.9. The first-order valence-electron chi connectivity index (χ1n) is 19.7. The molecular weight excluding hydrogens is 693 g/mol. The van der Waals surface area contributed by atoms with Crippen molar-refractivity contribution < 1.29 is 4.74 Å². The Balaban J connectivity index is 1.13. The van der Waals surface area contributed by atoms with Crippen LogP contribution in [0.2, 0.25) is 0 Å². The Morgan fingerprint density at radius 2 is 1.02 bits per heavy atom. The van der Waals surface area contributed by atoms with Crippen LogP contribution < -0.4 is 4.74 Å². The normalized spacial score (nSPS) is 16.6. The highest BCUT2D eigenvalue weighted by Gasteiger charge is 2.51. The molecule has 7 aromatic carbocycles. The second-order valence-electron chi connectivity index (χ2n) is 15.4. The zero-order valence-corrected chi connectivity index (χ0v) is 31.6. The molecule has 2 heterocycles. The Bertz CT molecular complexity index is 2890. The Hall–Kier alpha value is -7.10. The molecule has 3 nitrogen and oxygen atoms in total. The molecule has 0 fully saturated rings. The van der Waals surface area contributed by atoms with Crippen LogP contribution in [-0.4, -0.2) is 9.97 Å². The molecule has 0 radical (unpaired) electrons. The number of allylic oxidation sites excluding steroid dienone is 4. The van der Waals surface area contributed by atoms with Gasteiger partial charge in [0.2, 0.25) is 0 Å². The van der Waals surface area contributed by atoms with E-state index in [1.807, 2.05) is 18.2 Å². The third kappa shape index (κ3) is 5.05. The number of fused-ring (bicyclic) bond motifs is 9. The smallest absolute Gasteiger partial charge is 0.160 e. The number of benzene rings is 7. The maximum Gasteiger partial charge on any atom is 0.160 e. The second kappa shape index (κ2) is 13.0.